The molecule has 400 valence electrons. The number of rotatable bonds is 18. The smallest absolute Gasteiger partial charge is 0.254 e. The van der Waals surface area contributed by atoms with Crippen LogP contribution in [0.2, 0.25) is 0 Å². The first-order chi connectivity index (χ1) is 36.9. The summed E-state index contributed by atoms with van der Waals surface area (Å²) in [7, 11) is 0. The molecule has 0 spiro atoms. The van der Waals surface area contributed by atoms with Crippen LogP contribution in [0, 0.1) is 5.92 Å². The molecule has 5 fully saturated rings. The molecule has 4 aliphatic heterocycles. The number of aromatic nitrogens is 6. The molecule has 0 radical (unpaired) electrons. The number of piperidine rings is 1. The van der Waals surface area contributed by atoms with Gasteiger partial charge < -0.3 is 54.7 Å². The number of phenolic OH excluding ortho intramolecular Hbond substituents is 1. The number of piperazine rings is 1. The van der Waals surface area contributed by atoms with E-state index in [1.54, 1.807) is 23.7 Å². The van der Waals surface area contributed by atoms with Crippen LogP contribution in [0.1, 0.15) is 89.0 Å². The predicted molar refractivity (Wildman–Crippen MR) is 285 cm³/mol. The number of ether oxygens (including phenoxy) is 3. The van der Waals surface area contributed by atoms with Crippen LogP contribution in [0.5, 0.6) is 17.5 Å². The van der Waals surface area contributed by atoms with Crippen LogP contribution in [0.15, 0.2) is 89.0 Å². The van der Waals surface area contributed by atoms with Crippen LogP contribution in [0.3, 0.4) is 0 Å². The van der Waals surface area contributed by atoms with Crippen molar-refractivity contribution in [2.24, 2.45) is 5.92 Å². The van der Waals surface area contributed by atoms with Gasteiger partial charge in [0.05, 0.1) is 35.7 Å². The van der Waals surface area contributed by atoms with E-state index in [2.05, 4.69) is 62.7 Å². The summed E-state index contributed by atoms with van der Waals surface area (Å²) in [5.41, 5.74) is 13.1. The lowest BCUT2D eigenvalue weighted by atomic mass is 9.91. The molecular formula is C55H66N12O8S. The zero-order chi connectivity index (χ0) is 52.5. The monoisotopic (exact) mass is 1050 g/mol. The van der Waals surface area contributed by atoms with E-state index in [0.29, 0.717) is 47.7 Å². The van der Waals surface area contributed by atoms with Gasteiger partial charge in [-0.2, -0.15) is 0 Å². The van der Waals surface area contributed by atoms with Crippen LogP contribution in [-0.4, -0.2) is 151 Å². The van der Waals surface area contributed by atoms with Gasteiger partial charge in [0.15, 0.2) is 11.6 Å². The number of aromatic hydroxyl groups is 1. The zero-order valence-electron chi connectivity index (χ0n) is 43.1. The van der Waals surface area contributed by atoms with Gasteiger partial charge in [-0.25, -0.2) is 4.98 Å². The van der Waals surface area contributed by atoms with Gasteiger partial charge in [0.1, 0.15) is 40.9 Å². The third kappa shape index (κ3) is 11.1. The van der Waals surface area contributed by atoms with Crippen LogP contribution in [-0.2, 0) is 14.3 Å². The Morgan fingerprint density at radius 3 is 2.39 bits per heavy atom. The van der Waals surface area contributed by atoms with Gasteiger partial charge in [0.2, 0.25) is 17.7 Å². The second-order valence-electron chi connectivity index (χ2n) is 21.2. The van der Waals surface area contributed by atoms with Crippen LogP contribution in [0.25, 0.3) is 21.8 Å². The lowest BCUT2D eigenvalue weighted by Gasteiger charge is -2.43. The molecule has 21 heteroatoms. The number of hydrogen-bond acceptors (Lipinski definition) is 19. The molecular weight excluding hydrogens is 989 g/mol. The fraction of sp³-hybridized carbons (Fsp3) is 0.491. The molecule has 8 heterocycles. The number of nitrogens with zero attached hydrogens (tertiary/aromatic N) is 10. The van der Waals surface area contributed by atoms with E-state index in [0.717, 1.165) is 92.2 Å². The van der Waals surface area contributed by atoms with Gasteiger partial charge in [0.25, 0.3) is 5.88 Å². The Labute approximate surface area is 445 Å². The first-order valence-corrected chi connectivity index (χ1v) is 27.5. The summed E-state index contributed by atoms with van der Waals surface area (Å²) in [5.74, 6) is 0.298. The number of carbonyl (C=O) groups is 2. The summed E-state index contributed by atoms with van der Waals surface area (Å²) in [4.78, 5) is 41.2. The van der Waals surface area contributed by atoms with Gasteiger partial charge in [-0.05, 0) is 73.5 Å². The molecule has 4 saturated heterocycles. The molecule has 4 aromatic heterocycles. The summed E-state index contributed by atoms with van der Waals surface area (Å²) in [5, 5.41) is 45.8. The maximum Gasteiger partial charge on any atom is 0.254 e. The van der Waals surface area contributed by atoms with Crippen molar-refractivity contribution in [2.45, 2.75) is 120 Å². The van der Waals surface area contributed by atoms with E-state index in [-0.39, 0.29) is 72.9 Å². The van der Waals surface area contributed by atoms with E-state index in [4.69, 9.17) is 24.5 Å². The van der Waals surface area contributed by atoms with Gasteiger partial charge in [-0.3, -0.25) is 14.5 Å². The zero-order valence-corrected chi connectivity index (χ0v) is 43.9. The van der Waals surface area contributed by atoms with Crippen molar-refractivity contribution in [2.75, 3.05) is 61.4 Å². The van der Waals surface area contributed by atoms with Crippen molar-refractivity contribution in [1.29, 1.82) is 0 Å². The van der Waals surface area contributed by atoms with Crippen molar-refractivity contribution >= 4 is 40.3 Å². The average molecular weight is 1060 g/mol. The number of aliphatic hydroxyl groups excluding tert-OH is 1. The number of hydrogen-bond donors (Lipinski definition) is 4. The molecule has 76 heavy (non-hydrogen) atoms. The Hall–Kier alpha value is -6.94. The fourth-order valence-corrected chi connectivity index (χ4v) is 12.2. The minimum Gasteiger partial charge on any atom is -0.507 e. The molecule has 2 aromatic carbocycles. The second kappa shape index (κ2) is 22.3. The fourth-order valence-electron chi connectivity index (χ4n) is 11.6. The van der Waals surface area contributed by atoms with E-state index in [9.17, 15) is 19.8 Å². The Morgan fingerprint density at radius 2 is 1.66 bits per heavy atom. The first kappa shape index (κ1) is 51.2. The number of para-hydroxylation sites is 1. The number of aliphatic hydroxyl groups is 1. The summed E-state index contributed by atoms with van der Waals surface area (Å²) in [6.45, 7) is 10.3. The maximum absolute atomic E-state index is 14.2. The van der Waals surface area contributed by atoms with E-state index < -0.39 is 18.1 Å². The summed E-state index contributed by atoms with van der Waals surface area (Å²) < 4.78 is 24.7. The highest BCUT2D eigenvalue weighted by Gasteiger charge is 2.45. The topological polar surface area (TPSA) is 244 Å². The van der Waals surface area contributed by atoms with Crippen molar-refractivity contribution in [3.05, 3.63) is 95.8 Å². The van der Waals surface area contributed by atoms with Crippen molar-refractivity contribution in [3.63, 3.8) is 0 Å². The highest BCUT2D eigenvalue weighted by atomic mass is 32.1. The lowest BCUT2D eigenvalue weighted by Crippen LogP contribution is -2.54. The number of carbonyl (C=O) groups excluding carboxylic acids is 2. The van der Waals surface area contributed by atoms with Gasteiger partial charge in [0, 0.05) is 106 Å². The number of benzene rings is 2. The number of nitrogen functional groups attached to an aromatic ring is 1. The number of nitrogens with one attached hydrogen (secondary N) is 1. The van der Waals surface area contributed by atoms with Crippen LogP contribution < -0.4 is 30.3 Å². The highest BCUT2D eigenvalue weighted by Crippen LogP contribution is 2.41. The van der Waals surface area contributed by atoms with Crippen molar-refractivity contribution < 1.29 is 38.5 Å². The number of likely N-dealkylation sites (tertiary alicyclic amines) is 2. The standard InChI is InChI=1S/C55H66N12O8S/c1-32(2)51(55(71)66-30-39(68)23-46(66)53(70)59-33(3)34-8-10-35(11-9-34)54-62-58-31-76-54)48-27-50(63-75-48)72-21-20-64-18-15-40(16-19-64)73-41-24-42(25-41)74-49-22-36(14-17-57-49)67-37-12-13-38(67)29-65(28-37)45-26-44(60-61-52(45)56)43-6-4-5-7-47(43)69/h4-11,14,17,22,26-27,31-33,37-42,46,51,68-69H,12-13,15-16,18-21,23-25,28-30H2,1-3H3,(H2,56,61)(H,59,70)/t33-,37?,38?,39+,41?,42?,46-,51+/m0/s1. The van der Waals surface area contributed by atoms with Gasteiger partial charge in [-0.1, -0.05) is 61.6 Å². The largest absolute Gasteiger partial charge is 0.507 e. The third-order valence-corrected chi connectivity index (χ3v) is 16.5. The molecule has 2 bridgehead atoms. The molecule has 11 rings (SSSR count). The number of phenols is 1. The molecule has 1 saturated carbocycles. The van der Waals surface area contributed by atoms with Crippen molar-refractivity contribution in [3.8, 4) is 39.3 Å². The quantitative estimate of drug-likeness (QED) is 0.0744. The summed E-state index contributed by atoms with van der Waals surface area (Å²) in [6, 6.07) is 22.1. The number of β-amino-alcohol motifs (C(OH)–C–C–N with tert-alkyl or cyclic N) is 1. The second-order valence-corrected chi connectivity index (χ2v) is 22.0. The van der Waals surface area contributed by atoms with E-state index in [1.165, 1.54) is 16.2 Å². The highest BCUT2D eigenvalue weighted by molar-refractivity contribution is 7.12. The molecule has 5 aliphatic rings. The molecule has 6 atom stereocenters. The van der Waals surface area contributed by atoms with E-state index >= 15 is 0 Å². The molecule has 2 unspecified atom stereocenters. The Balaban J connectivity index is 0.601. The average Bonchev–Trinajstić information content (AvgIpc) is 4.27. The third-order valence-electron chi connectivity index (χ3n) is 15.7. The van der Waals surface area contributed by atoms with Crippen molar-refractivity contribution in [1.82, 2.24) is 45.7 Å². The molecule has 20 nitrogen and oxygen atoms in total. The normalized spacial score (nSPS) is 23.6. The number of amides is 2. The van der Waals surface area contributed by atoms with Crippen LogP contribution >= 0.6 is 11.3 Å². The number of pyridine rings is 1. The SMILES string of the molecule is CC(C)[C@@H](C(=O)N1C[C@H](O)C[C@H]1C(=O)N[C@@H](C)c1ccc(-c2nncs2)cc1)c1cc(OCCN2CCC(OC3CC(Oc4cc(N5C6CCC5CN(c5cc(-c7ccccc7O)nnc5N)C6)ccn4)C3)CC2)no1. The number of nitrogens with two attached hydrogens (primary N) is 1. The van der Waals surface area contributed by atoms with Gasteiger partial charge in [-0.15, -0.1) is 20.4 Å². The number of fused-ring (bicyclic) bond motifs is 2. The first-order valence-electron chi connectivity index (χ1n) is 26.6. The van der Waals surface area contributed by atoms with Gasteiger partial charge >= 0.3 is 0 Å². The molecule has 6 aromatic rings. The predicted octanol–water partition coefficient (Wildman–Crippen LogP) is 6.24. The Morgan fingerprint density at radius 1 is 0.882 bits per heavy atom. The Kier molecular flexibility index (Phi) is 15.0. The number of anilines is 3. The lowest BCUT2D eigenvalue weighted by molar-refractivity contribution is -0.141. The molecule has 1 aliphatic carbocycles. The summed E-state index contributed by atoms with van der Waals surface area (Å²) in [6.07, 6.45) is 7.20. The van der Waals surface area contributed by atoms with Crippen LogP contribution in [0.4, 0.5) is 17.2 Å². The minimum absolute atomic E-state index is 0.0465. The molecule has 2 amide bonds. The minimum atomic E-state index is -0.837. The van der Waals surface area contributed by atoms with E-state index in [1.807, 2.05) is 69.4 Å². The Bertz CT molecular complexity index is 2940. The summed E-state index contributed by atoms with van der Waals surface area (Å²) >= 11 is 1.45. The molecule has 5 N–H and O–H groups in total. The maximum atomic E-state index is 14.2.